The van der Waals surface area contributed by atoms with Crippen molar-refractivity contribution in [3.8, 4) is 0 Å². The molecule has 0 aromatic heterocycles. The predicted octanol–water partition coefficient (Wildman–Crippen LogP) is 2.89. The van der Waals surface area contributed by atoms with Crippen molar-refractivity contribution in [1.82, 2.24) is 10.6 Å². The highest BCUT2D eigenvalue weighted by molar-refractivity contribution is 5.85. The van der Waals surface area contributed by atoms with Crippen LogP contribution in [0, 0.1) is 0 Å². The highest BCUT2D eigenvalue weighted by atomic mass is 16.5. The summed E-state index contributed by atoms with van der Waals surface area (Å²) in [5.74, 6) is -0.775. The average Bonchev–Trinajstić information content (AvgIpc) is 2.77. The van der Waals surface area contributed by atoms with Crippen LogP contribution in [0.3, 0.4) is 0 Å². The molecule has 1 rings (SSSR count). The third kappa shape index (κ3) is 11.2. The van der Waals surface area contributed by atoms with Crippen molar-refractivity contribution >= 4 is 23.8 Å². The van der Waals surface area contributed by atoms with Gasteiger partial charge in [0.1, 0.15) is 18.4 Å². The SMILES string of the molecule is CCC(=O)CC[C@@H](NC(=O)CCCCCNC(=O)OCc1ccccc1)C(=O)OC. The van der Waals surface area contributed by atoms with Gasteiger partial charge in [-0.1, -0.05) is 43.7 Å². The molecule has 2 amide bonds. The quantitative estimate of drug-likeness (QED) is 0.354. The molecule has 1 atom stereocenters. The Labute approximate surface area is 177 Å². The van der Waals surface area contributed by atoms with Crippen LogP contribution < -0.4 is 10.6 Å². The van der Waals surface area contributed by atoms with E-state index in [-0.39, 0.29) is 37.6 Å². The van der Waals surface area contributed by atoms with Gasteiger partial charge < -0.3 is 20.1 Å². The maximum atomic E-state index is 12.1. The number of hydrogen-bond donors (Lipinski definition) is 2. The summed E-state index contributed by atoms with van der Waals surface area (Å²) in [6.45, 7) is 2.43. The van der Waals surface area contributed by atoms with Crippen LogP contribution in [0.2, 0.25) is 0 Å². The minimum atomic E-state index is -0.806. The summed E-state index contributed by atoms with van der Waals surface area (Å²) < 4.78 is 9.81. The minimum absolute atomic E-state index is 0.0351. The van der Waals surface area contributed by atoms with Crippen molar-refractivity contribution in [3.63, 3.8) is 0 Å². The van der Waals surface area contributed by atoms with Crippen molar-refractivity contribution in [1.29, 1.82) is 0 Å². The second kappa shape index (κ2) is 15.0. The minimum Gasteiger partial charge on any atom is -0.467 e. The fourth-order valence-corrected chi connectivity index (χ4v) is 2.69. The summed E-state index contributed by atoms with van der Waals surface area (Å²) in [6, 6.07) is 8.61. The molecular weight excluding hydrogens is 388 g/mol. The largest absolute Gasteiger partial charge is 0.467 e. The van der Waals surface area contributed by atoms with Crippen LogP contribution in [0.1, 0.15) is 57.4 Å². The second-order valence-electron chi connectivity index (χ2n) is 6.87. The van der Waals surface area contributed by atoms with Crippen molar-refractivity contribution in [3.05, 3.63) is 35.9 Å². The first-order valence-corrected chi connectivity index (χ1v) is 10.3. The Hall–Kier alpha value is -2.90. The number of hydrogen-bond acceptors (Lipinski definition) is 6. The van der Waals surface area contributed by atoms with Gasteiger partial charge in [-0.3, -0.25) is 9.59 Å². The zero-order valence-electron chi connectivity index (χ0n) is 17.8. The number of unbranched alkanes of at least 4 members (excludes halogenated alkanes) is 2. The van der Waals surface area contributed by atoms with E-state index in [1.54, 1.807) is 6.92 Å². The molecule has 2 N–H and O–H groups in total. The van der Waals surface area contributed by atoms with Crippen molar-refractivity contribution in [2.24, 2.45) is 0 Å². The third-order valence-corrected chi connectivity index (χ3v) is 4.49. The lowest BCUT2D eigenvalue weighted by Gasteiger charge is -2.16. The first-order valence-electron chi connectivity index (χ1n) is 10.3. The van der Waals surface area contributed by atoms with E-state index in [1.165, 1.54) is 7.11 Å². The molecule has 0 unspecified atom stereocenters. The molecular formula is C22H32N2O6. The molecule has 0 saturated carbocycles. The number of methoxy groups -OCH3 is 1. The first-order chi connectivity index (χ1) is 14.5. The van der Waals surface area contributed by atoms with Crippen LogP contribution in [0.4, 0.5) is 4.79 Å². The highest BCUT2D eigenvalue weighted by Gasteiger charge is 2.21. The van der Waals surface area contributed by atoms with Crippen molar-refractivity contribution in [2.75, 3.05) is 13.7 Å². The number of rotatable bonds is 14. The van der Waals surface area contributed by atoms with Gasteiger partial charge in [0.05, 0.1) is 7.11 Å². The monoisotopic (exact) mass is 420 g/mol. The molecule has 0 saturated heterocycles. The molecule has 0 bridgehead atoms. The van der Waals surface area contributed by atoms with Crippen LogP contribution in [-0.2, 0) is 30.5 Å². The number of esters is 1. The Morgan fingerprint density at radius 2 is 1.73 bits per heavy atom. The van der Waals surface area contributed by atoms with Gasteiger partial charge in [0, 0.05) is 25.8 Å². The van der Waals surface area contributed by atoms with Crippen molar-refractivity contribution in [2.45, 2.75) is 64.5 Å². The standard InChI is InChI=1S/C22H32N2O6/c1-3-18(25)13-14-19(21(27)29-2)24-20(26)12-8-5-9-15-23-22(28)30-16-17-10-6-4-7-11-17/h4,6-7,10-11,19H,3,5,8-9,12-16H2,1-2H3,(H,23,28)(H,24,26)/t19-/m1/s1. The Bertz CT molecular complexity index is 677. The molecule has 0 aliphatic heterocycles. The molecule has 1 aromatic carbocycles. The number of carbonyl (C=O) groups is 4. The van der Waals surface area contributed by atoms with Crippen LogP contribution in [0.15, 0.2) is 30.3 Å². The highest BCUT2D eigenvalue weighted by Crippen LogP contribution is 2.05. The lowest BCUT2D eigenvalue weighted by atomic mass is 10.1. The van der Waals surface area contributed by atoms with Gasteiger partial charge in [0.25, 0.3) is 0 Å². The summed E-state index contributed by atoms with van der Waals surface area (Å²) in [6.07, 6.45) is 2.71. The molecule has 30 heavy (non-hydrogen) atoms. The molecule has 8 nitrogen and oxygen atoms in total. The molecule has 0 fully saturated rings. The fraction of sp³-hybridized carbons (Fsp3) is 0.545. The molecule has 0 aliphatic carbocycles. The van der Waals surface area contributed by atoms with Crippen molar-refractivity contribution < 1.29 is 28.7 Å². The summed E-state index contributed by atoms with van der Waals surface area (Å²) >= 11 is 0. The maximum Gasteiger partial charge on any atom is 0.407 e. The second-order valence-corrected chi connectivity index (χ2v) is 6.87. The van der Waals surface area contributed by atoms with Crippen LogP contribution in [0.25, 0.3) is 0 Å². The van der Waals surface area contributed by atoms with Gasteiger partial charge in [-0.25, -0.2) is 9.59 Å². The Kier molecular flexibility index (Phi) is 12.6. The summed E-state index contributed by atoms with van der Waals surface area (Å²) in [5, 5.41) is 5.31. The third-order valence-electron chi connectivity index (χ3n) is 4.49. The summed E-state index contributed by atoms with van der Waals surface area (Å²) in [5.41, 5.74) is 0.919. The van der Waals surface area contributed by atoms with E-state index in [0.717, 1.165) is 12.0 Å². The molecule has 0 aliphatic rings. The van der Waals surface area contributed by atoms with Gasteiger partial charge in [0.2, 0.25) is 5.91 Å². The maximum absolute atomic E-state index is 12.1. The average molecular weight is 421 g/mol. The van der Waals surface area contributed by atoms with E-state index in [0.29, 0.717) is 25.8 Å². The van der Waals surface area contributed by atoms with Gasteiger partial charge in [0.15, 0.2) is 0 Å². The van der Waals surface area contributed by atoms with E-state index in [2.05, 4.69) is 10.6 Å². The van der Waals surface area contributed by atoms with Gasteiger partial charge in [-0.15, -0.1) is 0 Å². The van der Waals surface area contributed by atoms with E-state index in [9.17, 15) is 19.2 Å². The van der Waals surface area contributed by atoms with E-state index >= 15 is 0 Å². The Morgan fingerprint density at radius 3 is 2.40 bits per heavy atom. The molecule has 0 radical (unpaired) electrons. The van der Waals surface area contributed by atoms with Gasteiger partial charge in [-0.05, 0) is 24.8 Å². The normalized spacial score (nSPS) is 11.3. The molecule has 8 heteroatoms. The van der Waals surface area contributed by atoms with Gasteiger partial charge in [-0.2, -0.15) is 0 Å². The number of alkyl carbamates (subject to hydrolysis) is 1. The Morgan fingerprint density at radius 1 is 1.00 bits per heavy atom. The molecule has 0 heterocycles. The lowest BCUT2D eigenvalue weighted by molar-refractivity contribution is -0.145. The van der Waals surface area contributed by atoms with E-state index in [1.807, 2.05) is 30.3 Å². The number of carbonyl (C=O) groups excluding carboxylic acids is 4. The smallest absolute Gasteiger partial charge is 0.407 e. The number of ether oxygens (including phenoxy) is 2. The molecule has 1 aromatic rings. The fourth-order valence-electron chi connectivity index (χ4n) is 2.69. The van der Waals surface area contributed by atoms with Crippen LogP contribution >= 0.6 is 0 Å². The number of nitrogens with one attached hydrogen (secondary N) is 2. The number of Topliss-reactive ketones (excluding diaryl/α,β-unsaturated/α-hetero) is 1. The number of amides is 2. The predicted molar refractivity (Wildman–Crippen MR) is 112 cm³/mol. The Balaban J connectivity index is 2.15. The zero-order chi connectivity index (χ0) is 22.2. The zero-order valence-corrected chi connectivity index (χ0v) is 17.8. The van der Waals surface area contributed by atoms with Gasteiger partial charge >= 0.3 is 12.1 Å². The van der Waals surface area contributed by atoms with Crippen LogP contribution in [0.5, 0.6) is 0 Å². The molecule has 166 valence electrons. The van der Waals surface area contributed by atoms with Crippen LogP contribution in [-0.4, -0.2) is 43.4 Å². The lowest BCUT2D eigenvalue weighted by Crippen LogP contribution is -2.41. The summed E-state index contributed by atoms with van der Waals surface area (Å²) in [7, 11) is 1.25. The van der Waals surface area contributed by atoms with E-state index in [4.69, 9.17) is 9.47 Å². The summed E-state index contributed by atoms with van der Waals surface area (Å²) in [4.78, 5) is 46.9. The van der Waals surface area contributed by atoms with E-state index < -0.39 is 18.1 Å². The molecule has 0 spiro atoms. The number of benzene rings is 1. The first kappa shape index (κ1) is 25.1. The number of ketones is 1. The topological polar surface area (TPSA) is 111 Å².